The summed E-state index contributed by atoms with van der Waals surface area (Å²) in [6, 6.07) is 71.4. The van der Waals surface area contributed by atoms with Gasteiger partial charge in [-0.25, -0.2) is 0 Å². The first-order valence-electron chi connectivity index (χ1n) is 18.8. The molecule has 0 unspecified atom stereocenters. The molecule has 0 saturated heterocycles. The Morgan fingerprint density at radius 1 is 0.291 bits per heavy atom. The largest absolute Gasteiger partial charge is 0.309 e. The normalized spacial score (nSPS) is 12.3. The van der Waals surface area contributed by atoms with E-state index in [-0.39, 0.29) is 0 Å². The summed E-state index contributed by atoms with van der Waals surface area (Å²) >= 11 is 1.89. The Morgan fingerprint density at radius 3 is 1.75 bits per heavy atom. The summed E-state index contributed by atoms with van der Waals surface area (Å²) < 4.78 is 4.86. The first kappa shape index (κ1) is 30.6. The molecule has 0 saturated carbocycles. The van der Waals surface area contributed by atoms with Crippen LogP contribution in [0, 0.1) is 0 Å². The summed E-state index contributed by atoms with van der Waals surface area (Å²) in [6.45, 7) is 0. The molecule has 0 aliphatic carbocycles. The molecule has 0 atom stereocenters. The van der Waals surface area contributed by atoms with Gasteiger partial charge in [0, 0.05) is 48.1 Å². The highest BCUT2D eigenvalue weighted by Crippen LogP contribution is 2.52. The first-order chi connectivity index (χ1) is 27.3. The van der Waals surface area contributed by atoms with Gasteiger partial charge < -0.3 is 9.13 Å². The molecule has 2 aromatic heterocycles. The van der Waals surface area contributed by atoms with Crippen LogP contribution in [-0.2, 0) is 0 Å². The molecular weight excluding hydrogens is 685 g/mol. The number of hydrogen-bond donors (Lipinski definition) is 0. The Balaban J connectivity index is 1.05. The van der Waals surface area contributed by atoms with E-state index in [1.807, 2.05) is 11.8 Å². The molecule has 256 valence electrons. The van der Waals surface area contributed by atoms with Crippen LogP contribution in [0.3, 0.4) is 0 Å². The van der Waals surface area contributed by atoms with Crippen molar-refractivity contribution < 1.29 is 0 Å². The van der Waals surface area contributed by atoms with E-state index < -0.39 is 0 Å². The molecule has 0 amide bonds. The van der Waals surface area contributed by atoms with Crippen molar-refractivity contribution in [1.82, 2.24) is 9.13 Å². The first-order valence-corrected chi connectivity index (χ1v) is 19.7. The third-order valence-electron chi connectivity index (χ3n) is 11.5. The summed E-state index contributed by atoms with van der Waals surface area (Å²) in [5.74, 6) is 0. The Kier molecular flexibility index (Phi) is 6.60. The maximum Gasteiger partial charge on any atom is 0.0553 e. The highest BCUT2D eigenvalue weighted by atomic mass is 32.2. The molecular formula is C52H32N2S. The van der Waals surface area contributed by atoms with Crippen LogP contribution in [0.2, 0.25) is 0 Å². The molecule has 2 nitrogen and oxygen atoms in total. The van der Waals surface area contributed by atoms with Crippen molar-refractivity contribution in [3.05, 3.63) is 194 Å². The van der Waals surface area contributed by atoms with Crippen LogP contribution in [0.25, 0.3) is 99.1 Å². The van der Waals surface area contributed by atoms with Crippen molar-refractivity contribution in [3.63, 3.8) is 0 Å². The fourth-order valence-electron chi connectivity index (χ4n) is 9.07. The molecule has 0 N–H and O–H groups in total. The summed E-state index contributed by atoms with van der Waals surface area (Å²) in [5.41, 5.74) is 14.7. The van der Waals surface area contributed by atoms with E-state index in [4.69, 9.17) is 0 Å². The maximum absolute atomic E-state index is 2.45. The van der Waals surface area contributed by atoms with Gasteiger partial charge in [-0.1, -0.05) is 133 Å². The SMILES string of the molecule is c1ccc(-c2ccc3c(c2)c2ccccc2n3-c2cccc(-c3ccc4c(c3)-c3cc5c(c6cccc(c36)S4)c3ccccc3n5-c3ccccc3)c2)cc1. The van der Waals surface area contributed by atoms with Crippen LogP contribution in [0.1, 0.15) is 0 Å². The summed E-state index contributed by atoms with van der Waals surface area (Å²) in [4.78, 5) is 2.60. The van der Waals surface area contributed by atoms with Crippen molar-refractivity contribution in [2.45, 2.75) is 9.79 Å². The number of fused-ring (bicyclic) bond motifs is 9. The Labute approximate surface area is 322 Å². The van der Waals surface area contributed by atoms with Crippen LogP contribution in [-0.4, -0.2) is 9.13 Å². The van der Waals surface area contributed by atoms with E-state index in [1.54, 1.807) is 0 Å². The minimum absolute atomic E-state index is 1.16. The van der Waals surface area contributed by atoms with E-state index in [9.17, 15) is 0 Å². The molecule has 0 bridgehead atoms. The third kappa shape index (κ3) is 4.57. The molecule has 12 rings (SSSR count). The van der Waals surface area contributed by atoms with Gasteiger partial charge in [-0.15, -0.1) is 0 Å². The Hall–Kier alpha value is -6.81. The number of nitrogens with zero attached hydrogens (tertiary/aromatic N) is 2. The molecule has 0 radical (unpaired) electrons. The second-order valence-electron chi connectivity index (χ2n) is 14.5. The van der Waals surface area contributed by atoms with Gasteiger partial charge in [0.15, 0.2) is 0 Å². The zero-order valence-electron chi connectivity index (χ0n) is 29.8. The van der Waals surface area contributed by atoms with Gasteiger partial charge in [0.25, 0.3) is 0 Å². The Morgan fingerprint density at radius 2 is 0.891 bits per heavy atom. The Bertz CT molecular complexity index is 3330. The maximum atomic E-state index is 2.45. The average molecular weight is 717 g/mol. The minimum atomic E-state index is 1.16. The number of para-hydroxylation sites is 3. The number of hydrogen-bond acceptors (Lipinski definition) is 1. The lowest BCUT2D eigenvalue weighted by Gasteiger charge is -2.22. The summed E-state index contributed by atoms with van der Waals surface area (Å²) in [7, 11) is 0. The molecule has 0 spiro atoms. The van der Waals surface area contributed by atoms with Gasteiger partial charge in [0.05, 0.1) is 22.1 Å². The van der Waals surface area contributed by atoms with Crippen molar-refractivity contribution in [2.24, 2.45) is 0 Å². The van der Waals surface area contributed by atoms with Crippen LogP contribution < -0.4 is 0 Å². The standard InChI is InChI=1S/C52H32N2S/c1-3-13-33(14-4-1)35-25-27-47-42(30-35)39-19-7-9-22-45(39)54(47)38-18-11-15-34(29-38)36-26-28-49-43(31-36)44-32-48-51(41-21-12-24-50(55-49)52(41)44)40-20-8-10-23-46(40)53(48)37-16-5-2-6-17-37/h1-32H. The topological polar surface area (TPSA) is 9.86 Å². The monoisotopic (exact) mass is 716 g/mol. The third-order valence-corrected chi connectivity index (χ3v) is 12.6. The lowest BCUT2D eigenvalue weighted by Crippen LogP contribution is -1.97. The van der Waals surface area contributed by atoms with E-state index in [0.717, 1.165) is 5.69 Å². The smallest absolute Gasteiger partial charge is 0.0553 e. The van der Waals surface area contributed by atoms with Gasteiger partial charge in [-0.2, -0.15) is 0 Å². The zero-order valence-corrected chi connectivity index (χ0v) is 30.6. The van der Waals surface area contributed by atoms with Crippen molar-refractivity contribution in [3.8, 4) is 44.8 Å². The second-order valence-corrected chi connectivity index (χ2v) is 15.6. The van der Waals surface area contributed by atoms with Gasteiger partial charge in [-0.3, -0.25) is 0 Å². The highest BCUT2D eigenvalue weighted by Gasteiger charge is 2.25. The fourth-order valence-corrected chi connectivity index (χ4v) is 10.2. The molecule has 0 fully saturated rings. The molecule has 11 aromatic rings. The van der Waals surface area contributed by atoms with E-state index in [2.05, 4.69) is 203 Å². The van der Waals surface area contributed by atoms with Crippen LogP contribution in [0.4, 0.5) is 0 Å². The zero-order chi connectivity index (χ0) is 36.0. The van der Waals surface area contributed by atoms with Gasteiger partial charge in [-0.05, 0) is 112 Å². The van der Waals surface area contributed by atoms with Crippen LogP contribution in [0.5, 0.6) is 0 Å². The second kappa shape index (κ2) is 11.8. The number of rotatable bonds is 4. The van der Waals surface area contributed by atoms with Gasteiger partial charge in [0.2, 0.25) is 0 Å². The van der Waals surface area contributed by atoms with Gasteiger partial charge >= 0.3 is 0 Å². The summed E-state index contributed by atoms with van der Waals surface area (Å²) in [5, 5.41) is 7.78. The van der Waals surface area contributed by atoms with E-state index >= 15 is 0 Å². The number of aromatic nitrogens is 2. The highest BCUT2D eigenvalue weighted by molar-refractivity contribution is 7.99. The van der Waals surface area contributed by atoms with Crippen molar-refractivity contribution in [2.75, 3.05) is 0 Å². The summed E-state index contributed by atoms with van der Waals surface area (Å²) in [6.07, 6.45) is 0. The molecule has 9 aromatic carbocycles. The van der Waals surface area contributed by atoms with E-state index in [1.165, 1.54) is 103 Å². The van der Waals surface area contributed by atoms with Crippen LogP contribution in [0.15, 0.2) is 204 Å². The minimum Gasteiger partial charge on any atom is -0.309 e. The molecule has 1 aliphatic rings. The van der Waals surface area contributed by atoms with Crippen molar-refractivity contribution in [1.29, 1.82) is 0 Å². The quantitative estimate of drug-likeness (QED) is 0.176. The molecule has 3 heterocycles. The number of benzene rings is 9. The van der Waals surface area contributed by atoms with Crippen molar-refractivity contribution >= 4 is 66.1 Å². The van der Waals surface area contributed by atoms with Crippen LogP contribution >= 0.6 is 11.8 Å². The lowest BCUT2D eigenvalue weighted by atomic mass is 9.92. The van der Waals surface area contributed by atoms with Gasteiger partial charge in [0.1, 0.15) is 0 Å². The predicted molar refractivity (Wildman–Crippen MR) is 233 cm³/mol. The molecule has 55 heavy (non-hydrogen) atoms. The molecule has 3 heteroatoms. The fraction of sp³-hybridized carbons (Fsp3) is 0. The average Bonchev–Trinajstić information content (AvgIpc) is 3.77. The van der Waals surface area contributed by atoms with E-state index in [0.29, 0.717) is 0 Å². The molecule has 1 aliphatic heterocycles. The lowest BCUT2D eigenvalue weighted by molar-refractivity contribution is 1.18. The predicted octanol–water partition coefficient (Wildman–Crippen LogP) is 14.5.